The Morgan fingerprint density at radius 3 is 2.48 bits per heavy atom. The van der Waals surface area contributed by atoms with Crippen LogP contribution in [0, 0.1) is 5.92 Å². The van der Waals surface area contributed by atoms with Gasteiger partial charge in [-0.1, -0.05) is 51.1 Å². The molecule has 0 radical (unpaired) electrons. The number of carbonyl (C=O) groups is 1. The minimum atomic E-state index is -0.452. The molecule has 1 aromatic carbocycles. The summed E-state index contributed by atoms with van der Waals surface area (Å²) in [5.74, 6) is 0.177. The van der Waals surface area contributed by atoms with E-state index >= 15 is 0 Å². The zero-order valence-electron chi connectivity index (χ0n) is 14.5. The van der Waals surface area contributed by atoms with Gasteiger partial charge in [-0.2, -0.15) is 4.99 Å². The molecule has 2 rings (SSSR count). The minimum absolute atomic E-state index is 0.00328. The van der Waals surface area contributed by atoms with Crippen LogP contribution in [-0.2, 0) is 4.74 Å². The number of ether oxygens (including phenoxy) is 1. The number of aliphatic imine (C=N–C) groups is 1. The molecule has 1 aliphatic rings. The normalized spacial score (nSPS) is 17.5. The number of amides is 1. The van der Waals surface area contributed by atoms with Gasteiger partial charge in [0.05, 0.1) is 5.71 Å². The Kier molecular flexibility index (Phi) is 6.78. The highest BCUT2D eigenvalue weighted by Gasteiger charge is 2.22. The van der Waals surface area contributed by atoms with Gasteiger partial charge in [0.15, 0.2) is 0 Å². The Labute approximate surface area is 139 Å². The Morgan fingerprint density at radius 2 is 1.91 bits per heavy atom. The summed E-state index contributed by atoms with van der Waals surface area (Å²) < 4.78 is 5.57. The molecular formula is C19H28N2O2. The molecule has 0 aliphatic carbocycles. The maximum absolute atomic E-state index is 12.2. The molecule has 4 nitrogen and oxygen atoms in total. The summed E-state index contributed by atoms with van der Waals surface area (Å²) in [4.78, 5) is 18.8. The van der Waals surface area contributed by atoms with Gasteiger partial charge in [0.25, 0.3) is 0 Å². The van der Waals surface area contributed by atoms with E-state index in [-0.39, 0.29) is 12.0 Å². The standard InChI is InChI=1S/C19H28N2O2/c1-4-12-21-13-10-17(11-14-21)23-19(22)20-18(15(2)3)16-8-6-5-7-9-16/h5-9,15,17H,4,10-14H2,1-3H3/b20-18-. The molecule has 1 aliphatic heterocycles. The second kappa shape index (κ2) is 8.82. The van der Waals surface area contributed by atoms with Crippen LogP contribution in [0.2, 0.25) is 0 Å². The van der Waals surface area contributed by atoms with Gasteiger partial charge in [0, 0.05) is 13.1 Å². The van der Waals surface area contributed by atoms with Crippen molar-refractivity contribution in [3.8, 4) is 0 Å². The summed E-state index contributed by atoms with van der Waals surface area (Å²) in [5.41, 5.74) is 1.77. The minimum Gasteiger partial charge on any atom is -0.445 e. The number of piperidine rings is 1. The molecule has 1 saturated heterocycles. The fourth-order valence-electron chi connectivity index (χ4n) is 2.97. The van der Waals surface area contributed by atoms with Crippen LogP contribution < -0.4 is 0 Å². The topological polar surface area (TPSA) is 41.9 Å². The second-order valence-electron chi connectivity index (χ2n) is 6.44. The van der Waals surface area contributed by atoms with E-state index in [1.807, 2.05) is 44.2 Å². The monoisotopic (exact) mass is 316 g/mol. The molecule has 1 aromatic rings. The molecule has 1 amide bonds. The van der Waals surface area contributed by atoms with Crippen molar-refractivity contribution in [2.24, 2.45) is 10.9 Å². The van der Waals surface area contributed by atoms with Crippen molar-refractivity contribution in [3.63, 3.8) is 0 Å². The molecule has 0 spiro atoms. The molecule has 0 aromatic heterocycles. The summed E-state index contributed by atoms with van der Waals surface area (Å²) in [6.45, 7) is 9.42. The fraction of sp³-hybridized carbons (Fsp3) is 0.579. The number of rotatable bonds is 5. The third kappa shape index (κ3) is 5.47. The van der Waals surface area contributed by atoms with Crippen molar-refractivity contribution in [1.29, 1.82) is 0 Å². The lowest BCUT2D eigenvalue weighted by molar-refractivity contribution is 0.0566. The number of carbonyl (C=O) groups excluding carboxylic acids is 1. The summed E-state index contributed by atoms with van der Waals surface area (Å²) in [7, 11) is 0. The van der Waals surface area contributed by atoms with E-state index in [4.69, 9.17) is 4.74 Å². The van der Waals surface area contributed by atoms with Crippen LogP contribution in [0.1, 0.15) is 45.6 Å². The quantitative estimate of drug-likeness (QED) is 0.767. The van der Waals surface area contributed by atoms with Gasteiger partial charge in [-0.25, -0.2) is 4.79 Å². The molecule has 1 heterocycles. The smallest absolute Gasteiger partial charge is 0.434 e. The van der Waals surface area contributed by atoms with Crippen molar-refractivity contribution in [2.75, 3.05) is 19.6 Å². The van der Waals surface area contributed by atoms with Crippen LogP contribution in [0.4, 0.5) is 4.79 Å². The first-order valence-corrected chi connectivity index (χ1v) is 8.67. The van der Waals surface area contributed by atoms with E-state index < -0.39 is 6.09 Å². The van der Waals surface area contributed by atoms with Crippen LogP contribution in [0.5, 0.6) is 0 Å². The van der Waals surface area contributed by atoms with Crippen LogP contribution in [-0.4, -0.2) is 42.4 Å². The number of likely N-dealkylation sites (tertiary alicyclic amines) is 1. The van der Waals surface area contributed by atoms with Crippen LogP contribution in [0.3, 0.4) is 0 Å². The van der Waals surface area contributed by atoms with E-state index in [0.717, 1.165) is 43.8 Å². The third-order valence-corrected chi connectivity index (χ3v) is 4.17. The number of benzene rings is 1. The molecular weight excluding hydrogens is 288 g/mol. The highest BCUT2D eigenvalue weighted by Crippen LogP contribution is 2.16. The van der Waals surface area contributed by atoms with E-state index in [1.165, 1.54) is 6.42 Å². The van der Waals surface area contributed by atoms with Crippen LogP contribution in [0.15, 0.2) is 35.3 Å². The fourth-order valence-corrected chi connectivity index (χ4v) is 2.97. The highest BCUT2D eigenvalue weighted by atomic mass is 16.6. The van der Waals surface area contributed by atoms with Crippen molar-refractivity contribution in [1.82, 2.24) is 4.90 Å². The van der Waals surface area contributed by atoms with Crippen molar-refractivity contribution < 1.29 is 9.53 Å². The van der Waals surface area contributed by atoms with E-state index in [0.29, 0.717) is 0 Å². The van der Waals surface area contributed by atoms with Gasteiger partial charge in [-0.05, 0) is 37.3 Å². The van der Waals surface area contributed by atoms with Gasteiger partial charge in [0.1, 0.15) is 6.10 Å². The maximum atomic E-state index is 12.2. The first-order chi connectivity index (χ1) is 11.1. The number of hydrogen-bond donors (Lipinski definition) is 0. The van der Waals surface area contributed by atoms with E-state index in [1.54, 1.807) is 0 Å². The molecule has 0 unspecified atom stereocenters. The molecule has 23 heavy (non-hydrogen) atoms. The molecule has 4 heteroatoms. The predicted octanol–water partition coefficient (Wildman–Crippen LogP) is 4.14. The average molecular weight is 316 g/mol. The molecule has 1 fully saturated rings. The lowest BCUT2D eigenvalue weighted by Crippen LogP contribution is -2.38. The van der Waals surface area contributed by atoms with Gasteiger partial charge in [-0.3, -0.25) is 0 Å². The summed E-state index contributed by atoms with van der Waals surface area (Å²) >= 11 is 0. The molecule has 0 saturated carbocycles. The van der Waals surface area contributed by atoms with Crippen molar-refractivity contribution in [2.45, 2.75) is 46.1 Å². The van der Waals surface area contributed by atoms with Crippen LogP contribution in [0.25, 0.3) is 0 Å². The van der Waals surface area contributed by atoms with Gasteiger partial charge < -0.3 is 9.64 Å². The largest absolute Gasteiger partial charge is 0.445 e. The summed E-state index contributed by atoms with van der Waals surface area (Å²) in [5, 5.41) is 0. The van der Waals surface area contributed by atoms with Gasteiger partial charge in [0.2, 0.25) is 0 Å². The SMILES string of the molecule is CCCN1CCC(OC(=O)/N=C(\c2ccccc2)C(C)C)CC1. The molecule has 0 bridgehead atoms. The lowest BCUT2D eigenvalue weighted by Gasteiger charge is -2.30. The second-order valence-corrected chi connectivity index (χ2v) is 6.44. The Morgan fingerprint density at radius 1 is 1.26 bits per heavy atom. The number of hydrogen-bond acceptors (Lipinski definition) is 3. The number of nitrogens with zero attached hydrogens (tertiary/aromatic N) is 2. The zero-order chi connectivity index (χ0) is 16.7. The molecule has 0 N–H and O–H groups in total. The third-order valence-electron chi connectivity index (χ3n) is 4.17. The Bertz CT molecular complexity index is 517. The van der Waals surface area contributed by atoms with Gasteiger partial charge in [-0.15, -0.1) is 0 Å². The first kappa shape index (κ1) is 17.7. The molecule has 126 valence electrons. The van der Waals surface area contributed by atoms with Crippen LogP contribution >= 0.6 is 0 Å². The Balaban J connectivity index is 1.94. The van der Waals surface area contributed by atoms with Crippen molar-refractivity contribution >= 4 is 11.8 Å². The molecule has 0 atom stereocenters. The average Bonchev–Trinajstić information content (AvgIpc) is 2.55. The maximum Gasteiger partial charge on any atom is 0.434 e. The van der Waals surface area contributed by atoms with E-state index in [2.05, 4.69) is 16.8 Å². The lowest BCUT2D eigenvalue weighted by atomic mass is 10.0. The summed E-state index contributed by atoms with van der Waals surface area (Å²) in [6, 6.07) is 9.85. The Hall–Kier alpha value is -1.68. The highest BCUT2D eigenvalue weighted by molar-refractivity contribution is 6.06. The van der Waals surface area contributed by atoms with E-state index in [9.17, 15) is 4.79 Å². The van der Waals surface area contributed by atoms with Gasteiger partial charge >= 0.3 is 6.09 Å². The predicted molar refractivity (Wildman–Crippen MR) is 94.1 cm³/mol. The first-order valence-electron chi connectivity index (χ1n) is 8.67. The summed E-state index contributed by atoms with van der Waals surface area (Å²) in [6.07, 6.45) is 2.53. The zero-order valence-corrected chi connectivity index (χ0v) is 14.5. The van der Waals surface area contributed by atoms with Crippen molar-refractivity contribution in [3.05, 3.63) is 35.9 Å².